The lowest BCUT2D eigenvalue weighted by Crippen LogP contribution is -2.46. The molecule has 11 heteroatoms. The molecule has 1 aliphatic rings. The van der Waals surface area contributed by atoms with Crippen LogP contribution >= 0.6 is 0 Å². The van der Waals surface area contributed by atoms with E-state index in [4.69, 9.17) is 9.26 Å². The number of hydrogen-bond donors (Lipinski definition) is 0. The summed E-state index contributed by atoms with van der Waals surface area (Å²) in [6.45, 7) is 4.55. The fraction of sp³-hybridized carbons (Fsp3) is 0.318. The molecule has 2 aromatic carbocycles. The van der Waals surface area contributed by atoms with Crippen molar-refractivity contribution in [1.29, 1.82) is 0 Å². The molecule has 170 valence electrons. The average Bonchev–Trinajstić information content (AvgIpc) is 3.47. The van der Waals surface area contributed by atoms with Gasteiger partial charge in [-0.25, -0.2) is 0 Å². The summed E-state index contributed by atoms with van der Waals surface area (Å²) < 4.78 is 12.4. The number of piperazine rings is 1. The van der Waals surface area contributed by atoms with Crippen molar-refractivity contribution in [1.82, 2.24) is 29.7 Å². The first kappa shape index (κ1) is 21.0. The van der Waals surface area contributed by atoms with Crippen LogP contribution in [0, 0.1) is 10.1 Å². The van der Waals surface area contributed by atoms with Gasteiger partial charge in [0.25, 0.3) is 5.69 Å². The van der Waals surface area contributed by atoms with Gasteiger partial charge in [0.1, 0.15) is 5.75 Å². The van der Waals surface area contributed by atoms with Gasteiger partial charge >= 0.3 is 0 Å². The second kappa shape index (κ2) is 8.96. The van der Waals surface area contributed by atoms with E-state index >= 15 is 0 Å². The van der Waals surface area contributed by atoms with Gasteiger partial charge in [-0.2, -0.15) is 10.1 Å². The van der Waals surface area contributed by atoms with Crippen molar-refractivity contribution in [3.05, 3.63) is 64.7 Å². The van der Waals surface area contributed by atoms with E-state index in [2.05, 4.69) is 25.0 Å². The molecule has 0 radical (unpaired) electrons. The highest BCUT2D eigenvalue weighted by atomic mass is 16.6. The summed E-state index contributed by atoms with van der Waals surface area (Å²) in [6.07, 6.45) is 1.74. The third-order valence-corrected chi connectivity index (χ3v) is 5.81. The predicted molar refractivity (Wildman–Crippen MR) is 120 cm³/mol. The molecule has 2 aromatic heterocycles. The quantitative estimate of drug-likeness (QED) is 0.310. The van der Waals surface area contributed by atoms with Gasteiger partial charge in [-0.05, 0) is 30.3 Å². The molecule has 0 spiro atoms. The van der Waals surface area contributed by atoms with Crippen LogP contribution in [0.15, 0.2) is 53.2 Å². The normalized spacial score (nSPS) is 15.2. The first-order chi connectivity index (χ1) is 16.1. The van der Waals surface area contributed by atoms with Gasteiger partial charge < -0.3 is 9.26 Å². The Morgan fingerprint density at radius 2 is 1.85 bits per heavy atom. The van der Waals surface area contributed by atoms with E-state index in [1.54, 1.807) is 25.4 Å². The van der Waals surface area contributed by atoms with Crippen LogP contribution in [0.1, 0.15) is 5.89 Å². The highest BCUT2D eigenvalue weighted by Gasteiger charge is 2.21. The summed E-state index contributed by atoms with van der Waals surface area (Å²) >= 11 is 0. The van der Waals surface area contributed by atoms with E-state index in [-0.39, 0.29) is 10.6 Å². The van der Waals surface area contributed by atoms with Gasteiger partial charge in [-0.3, -0.25) is 24.6 Å². The molecule has 0 bridgehead atoms. The van der Waals surface area contributed by atoms with Crippen molar-refractivity contribution in [2.24, 2.45) is 0 Å². The number of nitrogens with zero attached hydrogens (tertiary/aromatic N) is 7. The van der Waals surface area contributed by atoms with Crippen molar-refractivity contribution in [2.45, 2.75) is 13.2 Å². The molecule has 0 amide bonds. The average molecular weight is 449 g/mol. The molecular formula is C22H23N7O4. The van der Waals surface area contributed by atoms with Crippen molar-refractivity contribution < 1.29 is 14.2 Å². The fourth-order valence-corrected chi connectivity index (χ4v) is 3.93. The van der Waals surface area contributed by atoms with Crippen LogP contribution in [0.25, 0.3) is 22.3 Å². The van der Waals surface area contributed by atoms with Crippen molar-refractivity contribution in [3.8, 4) is 17.1 Å². The van der Waals surface area contributed by atoms with Crippen LogP contribution in [-0.4, -0.2) is 67.9 Å². The van der Waals surface area contributed by atoms with Crippen LogP contribution in [0.2, 0.25) is 0 Å². The minimum Gasteiger partial charge on any atom is -0.497 e. The number of methoxy groups -OCH3 is 1. The fourth-order valence-electron chi connectivity index (χ4n) is 3.93. The van der Waals surface area contributed by atoms with E-state index in [9.17, 15) is 10.1 Å². The molecule has 3 heterocycles. The van der Waals surface area contributed by atoms with Gasteiger partial charge in [0, 0.05) is 49.3 Å². The molecule has 4 aromatic rings. The highest BCUT2D eigenvalue weighted by molar-refractivity contribution is 5.80. The topological polar surface area (TPSA) is 116 Å². The van der Waals surface area contributed by atoms with Gasteiger partial charge in [-0.15, -0.1) is 0 Å². The lowest BCUT2D eigenvalue weighted by atomic mass is 10.2. The molecule has 0 saturated carbocycles. The molecule has 1 aliphatic heterocycles. The van der Waals surface area contributed by atoms with Crippen molar-refractivity contribution >= 4 is 16.6 Å². The second-order valence-electron chi connectivity index (χ2n) is 7.92. The Morgan fingerprint density at radius 3 is 2.58 bits per heavy atom. The maximum absolute atomic E-state index is 11.1. The Hall–Kier alpha value is -3.83. The van der Waals surface area contributed by atoms with Crippen LogP contribution < -0.4 is 4.74 Å². The lowest BCUT2D eigenvalue weighted by Gasteiger charge is -2.33. The molecule has 1 fully saturated rings. The molecule has 0 atom stereocenters. The molecular weight excluding hydrogens is 426 g/mol. The number of nitro groups is 1. The summed E-state index contributed by atoms with van der Waals surface area (Å²) in [7, 11) is 1.63. The Labute approximate surface area is 189 Å². The number of fused-ring (bicyclic) bond motifs is 1. The third-order valence-electron chi connectivity index (χ3n) is 5.81. The maximum atomic E-state index is 11.1. The zero-order valence-electron chi connectivity index (χ0n) is 18.1. The van der Waals surface area contributed by atoms with Crippen LogP contribution in [0.4, 0.5) is 5.69 Å². The summed E-state index contributed by atoms with van der Waals surface area (Å²) in [5.74, 6) is 1.92. The minimum atomic E-state index is -0.382. The number of nitro benzene ring substituents is 1. The number of benzene rings is 2. The molecule has 1 saturated heterocycles. The van der Waals surface area contributed by atoms with Gasteiger partial charge in [0.05, 0.1) is 37.0 Å². The predicted octanol–water partition coefficient (Wildman–Crippen LogP) is 2.78. The number of aromatic nitrogens is 4. The summed E-state index contributed by atoms with van der Waals surface area (Å²) in [4.78, 5) is 19.8. The molecule has 33 heavy (non-hydrogen) atoms. The second-order valence-corrected chi connectivity index (χ2v) is 7.92. The number of hydrogen-bond acceptors (Lipinski definition) is 9. The van der Waals surface area contributed by atoms with Gasteiger partial charge in [0.2, 0.25) is 11.7 Å². The van der Waals surface area contributed by atoms with E-state index in [0.29, 0.717) is 24.9 Å². The van der Waals surface area contributed by atoms with Crippen LogP contribution in [0.3, 0.4) is 0 Å². The van der Waals surface area contributed by atoms with Gasteiger partial charge in [0.15, 0.2) is 0 Å². The molecule has 5 rings (SSSR count). The molecule has 11 nitrogen and oxygen atoms in total. The highest BCUT2D eigenvalue weighted by Crippen LogP contribution is 2.22. The number of ether oxygens (including phenoxy) is 1. The number of rotatable bonds is 7. The van der Waals surface area contributed by atoms with Crippen LogP contribution in [-0.2, 0) is 13.2 Å². The largest absolute Gasteiger partial charge is 0.497 e. The molecule has 0 unspecified atom stereocenters. The monoisotopic (exact) mass is 449 g/mol. The Morgan fingerprint density at radius 1 is 1.09 bits per heavy atom. The molecule has 0 N–H and O–H groups in total. The van der Waals surface area contributed by atoms with E-state index in [1.807, 2.05) is 28.9 Å². The standard InChI is InChI=1S/C22H23N7O4/c1-32-19-6-3-16(4-7-19)22-24-21(33-25-22)14-26-8-10-27(11-9-26)15-28-20-12-18(29(30)31)5-2-17(20)13-23-28/h2-7,12-13H,8-11,14-15H2,1H3. The van der Waals surface area contributed by atoms with Crippen molar-refractivity contribution in [2.75, 3.05) is 33.3 Å². The van der Waals surface area contributed by atoms with Crippen LogP contribution in [0.5, 0.6) is 5.75 Å². The third kappa shape index (κ3) is 4.54. The Kier molecular flexibility index (Phi) is 5.71. The van der Waals surface area contributed by atoms with E-state index < -0.39 is 0 Å². The van der Waals surface area contributed by atoms with E-state index in [1.165, 1.54) is 6.07 Å². The van der Waals surface area contributed by atoms with Crippen molar-refractivity contribution in [3.63, 3.8) is 0 Å². The lowest BCUT2D eigenvalue weighted by molar-refractivity contribution is -0.384. The zero-order valence-corrected chi connectivity index (χ0v) is 18.1. The zero-order chi connectivity index (χ0) is 22.8. The SMILES string of the molecule is COc1ccc(-c2noc(CN3CCN(Cn4ncc5ccc([N+](=O)[O-])cc54)CC3)n2)cc1. The Bertz CT molecular complexity index is 1260. The smallest absolute Gasteiger partial charge is 0.271 e. The van der Waals surface area contributed by atoms with Gasteiger partial charge in [-0.1, -0.05) is 5.16 Å². The maximum Gasteiger partial charge on any atom is 0.271 e. The minimum absolute atomic E-state index is 0.0719. The molecule has 0 aliphatic carbocycles. The number of non-ortho nitro benzene ring substituents is 1. The van der Waals surface area contributed by atoms with E-state index in [0.717, 1.165) is 48.4 Å². The summed E-state index contributed by atoms with van der Waals surface area (Å²) in [6, 6.07) is 12.4. The first-order valence-electron chi connectivity index (χ1n) is 10.6. The first-order valence-corrected chi connectivity index (χ1v) is 10.6. The summed E-state index contributed by atoms with van der Waals surface area (Å²) in [5.41, 5.74) is 1.72. The summed E-state index contributed by atoms with van der Waals surface area (Å²) in [5, 5.41) is 20.5. The Balaban J connectivity index is 1.17.